The molecule has 0 fully saturated rings. The molecule has 0 aliphatic carbocycles. The summed E-state index contributed by atoms with van der Waals surface area (Å²) in [7, 11) is 1.61. The third-order valence-corrected chi connectivity index (χ3v) is 4.45. The number of halogens is 1. The Hall–Kier alpha value is -2.98. The zero-order valence-electron chi connectivity index (χ0n) is 13.5. The SMILES string of the molecule is COc1cc2c(c(-c3ccc(Cl)cc3)c1)-c1ccccc1NC(=O)N2. The molecule has 0 atom stereocenters. The summed E-state index contributed by atoms with van der Waals surface area (Å²) >= 11 is 6.04. The van der Waals surface area contributed by atoms with Gasteiger partial charge in [-0.05, 0) is 35.4 Å². The molecule has 124 valence electrons. The summed E-state index contributed by atoms with van der Waals surface area (Å²) < 4.78 is 5.43. The number of ether oxygens (including phenoxy) is 1. The van der Waals surface area contributed by atoms with E-state index in [9.17, 15) is 4.79 Å². The zero-order chi connectivity index (χ0) is 17.4. The molecule has 2 N–H and O–H groups in total. The second kappa shape index (κ2) is 6.15. The Balaban J connectivity index is 2.05. The second-order valence-electron chi connectivity index (χ2n) is 5.73. The van der Waals surface area contributed by atoms with Crippen LogP contribution in [0.1, 0.15) is 0 Å². The van der Waals surface area contributed by atoms with Crippen molar-refractivity contribution in [1.29, 1.82) is 0 Å². The summed E-state index contributed by atoms with van der Waals surface area (Å²) in [6, 6.07) is 18.9. The number of benzene rings is 3. The fourth-order valence-electron chi connectivity index (χ4n) is 3.07. The minimum absolute atomic E-state index is 0.276. The van der Waals surface area contributed by atoms with Gasteiger partial charge in [0.1, 0.15) is 5.75 Å². The molecule has 1 aliphatic heterocycles. The van der Waals surface area contributed by atoms with Crippen molar-refractivity contribution in [1.82, 2.24) is 0 Å². The van der Waals surface area contributed by atoms with Gasteiger partial charge in [-0.3, -0.25) is 0 Å². The van der Waals surface area contributed by atoms with E-state index in [1.165, 1.54) is 0 Å². The molecular weight excluding hydrogens is 336 g/mol. The Bertz CT molecular complexity index is 968. The Morgan fingerprint density at radius 2 is 1.60 bits per heavy atom. The number of anilines is 2. The maximum atomic E-state index is 12.2. The van der Waals surface area contributed by atoms with Crippen molar-refractivity contribution in [3.8, 4) is 28.0 Å². The molecule has 25 heavy (non-hydrogen) atoms. The normalized spacial score (nSPS) is 12.3. The van der Waals surface area contributed by atoms with Crippen molar-refractivity contribution >= 4 is 29.0 Å². The molecule has 3 aromatic rings. The molecule has 0 bridgehead atoms. The molecule has 0 aromatic heterocycles. The van der Waals surface area contributed by atoms with Crippen LogP contribution in [0.15, 0.2) is 60.7 Å². The summed E-state index contributed by atoms with van der Waals surface area (Å²) in [5, 5.41) is 6.47. The summed E-state index contributed by atoms with van der Waals surface area (Å²) in [6.45, 7) is 0. The van der Waals surface area contributed by atoms with Crippen LogP contribution in [0.3, 0.4) is 0 Å². The van der Waals surface area contributed by atoms with E-state index >= 15 is 0 Å². The van der Waals surface area contributed by atoms with Gasteiger partial charge in [0.2, 0.25) is 0 Å². The van der Waals surface area contributed by atoms with E-state index in [2.05, 4.69) is 10.6 Å². The minimum atomic E-state index is -0.276. The van der Waals surface area contributed by atoms with Crippen molar-refractivity contribution in [2.24, 2.45) is 0 Å². The molecule has 2 amide bonds. The Kier molecular flexibility index (Phi) is 3.82. The molecule has 0 unspecified atom stereocenters. The van der Waals surface area contributed by atoms with Gasteiger partial charge in [-0.15, -0.1) is 0 Å². The van der Waals surface area contributed by atoms with Crippen LogP contribution in [0.5, 0.6) is 5.75 Å². The highest BCUT2D eigenvalue weighted by Crippen LogP contribution is 2.45. The van der Waals surface area contributed by atoms with Crippen LogP contribution in [-0.4, -0.2) is 13.1 Å². The standard InChI is InChI=1S/C20H15ClN2O2/c1-25-14-10-16(12-6-8-13(21)9-7-12)19-15-4-2-3-5-17(15)22-20(24)23-18(19)11-14/h2-11H,1H3,(H2,22,23,24). The van der Waals surface area contributed by atoms with Crippen LogP contribution >= 0.6 is 11.6 Å². The van der Waals surface area contributed by atoms with Crippen LogP contribution in [-0.2, 0) is 0 Å². The van der Waals surface area contributed by atoms with Crippen molar-refractivity contribution in [3.63, 3.8) is 0 Å². The molecule has 0 saturated heterocycles. The number of hydrogen-bond acceptors (Lipinski definition) is 2. The maximum absolute atomic E-state index is 12.2. The number of carbonyl (C=O) groups excluding carboxylic acids is 1. The van der Waals surface area contributed by atoms with E-state index in [4.69, 9.17) is 16.3 Å². The smallest absolute Gasteiger partial charge is 0.323 e. The lowest BCUT2D eigenvalue weighted by Crippen LogP contribution is -2.17. The monoisotopic (exact) mass is 350 g/mol. The fourth-order valence-corrected chi connectivity index (χ4v) is 3.19. The van der Waals surface area contributed by atoms with Crippen LogP contribution in [0.4, 0.5) is 16.2 Å². The van der Waals surface area contributed by atoms with E-state index in [1.807, 2.05) is 60.7 Å². The second-order valence-corrected chi connectivity index (χ2v) is 6.17. The first kappa shape index (κ1) is 15.5. The van der Waals surface area contributed by atoms with Gasteiger partial charge in [-0.2, -0.15) is 0 Å². The Labute approximate surface area is 150 Å². The van der Waals surface area contributed by atoms with Gasteiger partial charge < -0.3 is 15.4 Å². The molecule has 3 aromatic carbocycles. The number of amides is 2. The summed E-state index contributed by atoms with van der Waals surface area (Å²) in [5.74, 6) is 0.670. The van der Waals surface area contributed by atoms with Gasteiger partial charge in [0.05, 0.1) is 18.5 Å². The number of nitrogens with one attached hydrogen (secondary N) is 2. The van der Waals surface area contributed by atoms with Crippen molar-refractivity contribution in [2.75, 3.05) is 17.7 Å². The van der Waals surface area contributed by atoms with Crippen LogP contribution in [0.25, 0.3) is 22.3 Å². The lowest BCUT2D eigenvalue weighted by molar-refractivity contribution is 0.262. The van der Waals surface area contributed by atoms with Crippen LogP contribution < -0.4 is 15.4 Å². The van der Waals surface area contributed by atoms with E-state index in [1.54, 1.807) is 7.11 Å². The summed E-state index contributed by atoms with van der Waals surface area (Å²) in [6.07, 6.45) is 0. The fraction of sp³-hybridized carbons (Fsp3) is 0.0500. The first-order valence-corrected chi connectivity index (χ1v) is 8.19. The largest absolute Gasteiger partial charge is 0.497 e. The number of methoxy groups -OCH3 is 1. The summed E-state index contributed by atoms with van der Waals surface area (Å²) in [5.41, 5.74) is 5.30. The van der Waals surface area contributed by atoms with Crippen molar-refractivity contribution in [3.05, 3.63) is 65.7 Å². The molecule has 4 rings (SSSR count). The number of carbonyl (C=O) groups is 1. The first-order valence-electron chi connectivity index (χ1n) is 7.81. The predicted molar refractivity (Wildman–Crippen MR) is 102 cm³/mol. The van der Waals surface area contributed by atoms with E-state index in [0.717, 1.165) is 27.9 Å². The predicted octanol–water partition coefficient (Wildman–Crippen LogP) is 5.64. The number of urea groups is 1. The van der Waals surface area contributed by atoms with E-state index < -0.39 is 0 Å². The number of hydrogen-bond donors (Lipinski definition) is 2. The van der Waals surface area contributed by atoms with Crippen molar-refractivity contribution in [2.45, 2.75) is 0 Å². The molecule has 1 heterocycles. The third kappa shape index (κ3) is 2.81. The molecule has 4 nitrogen and oxygen atoms in total. The van der Waals surface area contributed by atoms with Gasteiger partial charge in [0.15, 0.2) is 0 Å². The summed E-state index contributed by atoms with van der Waals surface area (Å²) in [4.78, 5) is 12.2. The number of rotatable bonds is 2. The minimum Gasteiger partial charge on any atom is -0.497 e. The highest BCUT2D eigenvalue weighted by molar-refractivity contribution is 6.30. The topological polar surface area (TPSA) is 50.4 Å². The quantitative estimate of drug-likeness (QED) is 0.628. The average Bonchev–Trinajstić information content (AvgIpc) is 2.76. The zero-order valence-corrected chi connectivity index (χ0v) is 14.2. The first-order chi connectivity index (χ1) is 12.2. The number of para-hydroxylation sites is 1. The van der Waals surface area contributed by atoms with Crippen molar-refractivity contribution < 1.29 is 9.53 Å². The van der Waals surface area contributed by atoms with E-state index in [0.29, 0.717) is 16.5 Å². The van der Waals surface area contributed by atoms with Gasteiger partial charge >= 0.3 is 6.03 Å². The van der Waals surface area contributed by atoms with Gasteiger partial charge in [0, 0.05) is 22.2 Å². The molecule has 0 radical (unpaired) electrons. The highest BCUT2D eigenvalue weighted by atomic mass is 35.5. The van der Waals surface area contributed by atoms with E-state index in [-0.39, 0.29) is 6.03 Å². The van der Waals surface area contributed by atoms with Gasteiger partial charge in [0.25, 0.3) is 0 Å². The molecule has 0 spiro atoms. The van der Waals surface area contributed by atoms with Gasteiger partial charge in [-0.1, -0.05) is 41.9 Å². The van der Waals surface area contributed by atoms with Crippen LogP contribution in [0.2, 0.25) is 5.02 Å². The molecule has 0 saturated carbocycles. The lowest BCUT2D eigenvalue weighted by atomic mass is 9.92. The average molecular weight is 351 g/mol. The van der Waals surface area contributed by atoms with Crippen LogP contribution in [0, 0.1) is 0 Å². The molecular formula is C20H15ClN2O2. The van der Waals surface area contributed by atoms with Gasteiger partial charge in [-0.25, -0.2) is 4.79 Å². The Morgan fingerprint density at radius 1 is 0.880 bits per heavy atom. The Morgan fingerprint density at radius 3 is 2.36 bits per heavy atom. The third-order valence-electron chi connectivity index (χ3n) is 4.20. The molecule has 1 aliphatic rings. The number of fused-ring (bicyclic) bond motifs is 3. The highest BCUT2D eigenvalue weighted by Gasteiger charge is 2.22. The molecule has 5 heteroatoms. The lowest BCUT2D eigenvalue weighted by Gasteiger charge is -2.16. The maximum Gasteiger partial charge on any atom is 0.323 e.